The van der Waals surface area contributed by atoms with Gasteiger partial charge >= 0.3 is 6.09 Å². The molecule has 0 aliphatic carbocycles. The van der Waals surface area contributed by atoms with E-state index in [-0.39, 0.29) is 6.61 Å². The summed E-state index contributed by atoms with van der Waals surface area (Å²) >= 11 is 3.30. The van der Waals surface area contributed by atoms with E-state index >= 15 is 0 Å². The lowest BCUT2D eigenvalue weighted by atomic mass is 10.3. The zero-order valence-corrected chi connectivity index (χ0v) is 9.66. The summed E-state index contributed by atoms with van der Waals surface area (Å²) in [4.78, 5) is 14.4. The van der Waals surface area contributed by atoms with Crippen LogP contribution in [0, 0.1) is 0 Å². The average Bonchev–Trinajstić information content (AvgIpc) is 2.20. The summed E-state index contributed by atoms with van der Waals surface area (Å²) in [7, 11) is 0. The van der Waals surface area contributed by atoms with Crippen LogP contribution >= 0.6 is 15.9 Å². The van der Waals surface area contributed by atoms with E-state index in [0.717, 1.165) is 10.2 Å². The molecule has 0 fully saturated rings. The van der Waals surface area contributed by atoms with E-state index in [9.17, 15) is 4.79 Å². The highest BCUT2D eigenvalue weighted by Crippen LogP contribution is 2.06. The summed E-state index contributed by atoms with van der Waals surface area (Å²) in [5.74, 6) is 0. The molecular formula is C9H12BrN3O2. The second kappa shape index (κ2) is 6.36. The summed E-state index contributed by atoms with van der Waals surface area (Å²) < 4.78 is 5.49. The second-order valence-corrected chi connectivity index (χ2v) is 3.73. The van der Waals surface area contributed by atoms with Gasteiger partial charge in [-0.2, -0.15) is 0 Å². The number of aromatic nitrogens is 1. The van der Waals surface area contributed by atoms with Crippen molar-refractivity contribution in [1.29, 1.82) is 0 Å². The molecule has 0 saturated heterocycles. The molecule has 1 aromatic rings. The lowest BCUT2D eigenvalue weighted by Gasteiger charge is -2.04. The molecule has 1 aromatic heterocycles. The molecule has 0 aliphatic rings. The molecule has 1 heterocycles. The number of hydrogen-bond donors (Lipinski definition) is 2. The summed E-state index contributed by atoms with van der Waals surface area (Å²) in [5.41, 5.74) is 5.72. The van der Waals surface area contributed by atoms with Gasteiger partial charge in [-0.15, -0.1) is 0 Å². The van der Waals surface area contributed by atoms with Gasteiger partial charge in [-0.25, -0.2) is 4.79 Å². The van der Waals surface area contributed by atoms with Crippen molar-refractivity contribution in [1.82, 2.24) is 10.3 Å². The fourth-order valence-corrected chi connectivity index (χ4v) is 1.19. The van der Waals surface area contributed by atoms with Crippen molar-refractivity contribution in [2.45, 2.75) is 6.54 Å². The normalized spacial score (nSPS) is 9.93. The summed E-state index contributed by atoms with van der Waals surface area (Å²) in [5, 5.41) is 3.07. The number of halogens is 1. The summed E-state index contributed by atoms with van der Waals surface area (Å²) in [6.07, 6.45) is 0.982. The van der Waals surface area contributed by atoms with Gasteiger partial charge in [0.25, 0.3) is 0 Å². The number of rotatable bonds is 5. The van der Waals surface area contributed by atoms with Crippen molar-refractivity contribution in [3.63, 3.8) is 0 Å². The molecule has 5 nitrogen and oxygen atoms in total. The lowest BCUT2D eigenvalue weighted by Crippen LogP contribution is -2.23. The zero-order valence-electron chi connectivity index (χ0n) is 8.07. The Kier molecular flexibility index (Phi) is 5.06. The molecule has 0 radical (unpaired) electrons. The van der Waals surface area contributed by atoms with Crippen LogP contribution in [0.1, 0.15) is 5.69 Å². The van der Waals surface area contributed by atoms with Crippen LogP contribution in [0.3, 0.4) is 0 Å². The minimum Gasteiger partial charge on any atom is -0.448 e. The van der Waals surface area contributed by atoms with E-state index < -0.39 is 6.09 Å². The molecule has 82 valence electrons. The fraction of sp³-hybridized carbons (Fsp3) is 0.333. The minimum absolute atomic E-state index is 0.270. The number of carbonyl (C=O) groups excluding carboxylic acids is 1. The number of ether oxygens (including phenoxy) is 1. The SMILES string of the molecule is NC(=O)OCCNCc1ccc(Br)cn1. The second-order valence-electron chi connectivity index (χ2n) is 2.81. The zero-order chi connectivity index (χ0) is 11.1. The Morgan fingerprint density at radius 3 is 3.00 bits per heavy atom. The highest BCUT2D eigenvalue weighted by molar-refractivity contribution is 9.10. The van der Waals surface area contributed by atoms with Gasteiger partial charge in [0.1, 0.15) is 6.61 Å². The fourth-order valence-electron chi connectivity index (χ4n) is 0.951. The Hall–Kier alpha value is -1.14. The Morgan fingerprint density at radius 2 is 2.40 bits per heavy atom. The first kappa shape index (κ1) is 11.9. The maximum atomic E-state index is 10.2. The maximum absolute atomic E-state index is 10.2. The highest BCUT2D eigenvalue weighted by atomic mass is 79.9. The monoisotopic (exact) mass is 273 g/mol. The number of nitrogens with two attached hydrogens (primary N) is 1. The molecule has 0 spiro atoms. The number of nitrogens with one attached hydrogen (secondary N) is 1. The molecule has 3 N–H and O–H groups in total. The van der Waals surface area contributed by atoms with Crippen LogP contribution in [0.5, 0.6) is 0 Å². The van der Waals surface area contributed by atoms with Crippen LogP contribution in [0.25, 0.3) is 0 Å². The maximum Gasteiger partial charge on any atom is 0.404 e. The number of hydrogen-bond acceptors (Lipinski definition) is 4. The standard InChI is InChI=1S/C9H12BrN3O2/c10-7-1-2-8(13-5-7)6-12-3-4-15-9(11)14/h1-2,5,12H,3-4,6H2,(H2,11,14). The van der Waals surface area contributed by atoms with Gasteiger partial charge < -0.3 is 15.8 Å². The van der Waals surface area contributed by atoms with Crippen LogP contribution in [-0.4, -0.2) is 24.2 Å². The molecule has 1 amide bonds. The first-order valence-corrected chi connectivity index (χ1v) is 5.21. The van der Waals surface area contributed by atoms with Gasteiger partial charge in [-0.3, -0.25) is 4.98 Å². The van der Waals surface area contributed by atoms with Crippen LogP contribution < -0.4 is 11.1 Å². The van der Waals surface area contributed by atoms with Crippen molar-refractivity contribution < 1.29 is 9.53 Å². The Morgan fingerprint density at radius 1 is 1.60 bits per heavy atom. The number of amides is 1. The predicted molar refractivity (Wildman–Crippen MR) is 59.2 cm³/mol. The van der Waals surface area contributed by atoms with Crippen LogP contribution in [-0.2, 0) is 11.3 Å². The van der Waals surface area contributed by atoms with E-state index in [4.69, 9.17) is 5.73 Å². The number of primary amides is 1. The van der Waals surface area contributed by atoms with E-state index in [0.29, 0.717) is 13.1 Å². The molecule has 0 atom stereocenters. The molecule has 0 bridgehead atoms. The third-order valence-corrected chi connectivity index (χ3v) is 2.09. The smallest absolute Gasteiger partial charge is 0.404 e. The van der Waals surface area contributed by atoms with Crippen molar-refractivity contribution in [3.8, 4) is 0 Å². The van der Waals surface area contributed by atoms with E-state index in [1.54, 1.807) is 6.20 Å². The largest absolute Gasteiger partial charge is 0.448 e. The van der Waals surface area contributed by atoms with Gasteiger partial charge in [0.15, 0.2) is 0 Å². The van der Waals surface area contributed by atoms with E-state index in [1.807, 2.05) is 12.1 Å². The molecule has 0 saturated carbocycles. The average molecular weight is 274 g/mol. The molecule has 0 aliphatic heterocycles. The van der Waals surface area contributed by atoms with Gasteiger partial charge in [-0.1, -0.05) is 0 Å². The minimum atomic E-state index is -0.751. The predicted octanol–water partition coefficient (Wildman–Crippen LogP) is 1.03. The van der Waals surface area contributed by atoms with Gasteiger partial charge in [0.05, 0.1) is 5.69 Å². The first-order chi connectivity index (χ1) is 7.18. The van der Waals surface area contributed by atoms with Crippen LogP contribution in [0.4, 0.5) is 4.79 Å². The third-order valence-electron chi connectivity index (χ3n) is 1.62. The quantitative estimate of drug-likeness (QED) is 0.786. The summed E-state index contributed by atoms with van der Waals surface area (Å²) in [6.45, 7) is 1.46. The Bertz CT molecular complexity index is 316. The van der Waals surface area contributed by atoms with Crippen molar-refractivity contribution >= 4 is 22.0 Å². The van der Waals surface area contributed by atoms with Crippen molar-refractivity contribution in [3.05, 3.63) is 28.5 Å². The third kappa shape index (κ3) is 5.34. The van der Waals surface area contributed by atoms with Crippen LogP contribution in [0.2, 0.25) is 0 Å². The molecule has 6 heteroatoms. The topological polar surface area (TPSA) is 77.2 Å². The van der Waals surface area contributed by atoms with Crippen LogP contribution in [0.15, 0.2) is 22.8 Å². The van der Waals surface area contributed by atoms with Gasteiger partial charge in [0, 0.05) is 23.8 Å². The number of pyridine rings is 1. The molecule has 15 heavy (non-hydrogen) atoms. The number of carbonyl (C=O) groups is 1. The Labute approximate surface area is 96.1 Å². The highest BCUT2D eigenvalue weighted by Gasteiger charge is 1.95. The van der Waals surface area contributed by atoms with Gasteiger partial charge in [0.2, 0.25) is 0 Å². The molecular weight excluding hydrogens is 262 g/mol. The first-order valence-electron chi connectivity index (χ1n) is 4.42. The van der Waals surface area contributed by atoms with Crippen molar-refractivity contribution in [2.75, 3.05) is 13.2 Å². The van der Waals surface area contributed by atoms with E-state index in [2.05, 4.69) is 31.0 Å². The lowest BCUT2D eigenvalue weighted by molar-refractivity contribution is 0.157. The Balaban J connectivity index is 2.15. The summed E-state index contributed by atoms with van der Waals surface area (Å²) in [6, 6.07) is 3.83. The van der Waals surface area contributed by atoms with Gasteiger partial charge in [-0.05, 0) is 28.1 Å². The van der Waals surface area contributed by atoms with Crippen molar-refractivity contribution in [2.24, 2.45) is 5.73 Å². The molecule has 0 aromatic carbocycles. The molecule has 1 rings (SSSR count). The number of nitrogens with zero attached hydrogens (tertiary/aromatic N) is 1. The van der Waals surface area contributed by atoms with E-state index in [1.165, 1.54) is 0 Å². The molecule has 0 unspecified atom stereocenters.